The minimum atomic E-state index is -0.867. The molecule has 1 aliphatic rings. The van der Waals surface area contributed by atoms with E-state index in [-0.39, 0.29) is 5.04 Å². The third kappa shape index (κ3) is 6.32. The molecule has 0 spiro atoms. The highest BCUT2D eigenvalue weighted by Crippen LogP contribution is 2.35. The highest BCUT2D eigenvalue weighted by atomic mass is 35.5. The summed E-state index contributed by atoms with van der Waals surface area (Å²) in [6.45, 7) is 11.4. The predicted octanol–water partition coefficient (Wildman–Crippen LogP) is 5.32. The largest absolute Gasteiger partial charge is 0.465 e. The lowest BCUT2D eigenvalue weighted by molar-refractivity contribution is 0.109. The van der Waals surface area contributed by atoms with Gasteiger partial charge in [-0.25, -0.2) is 4.79 Å². The first-order valence-electron chi connectivity index (χ1n) is 8.70. The van der Waals surface area contributed by atoms with Gasteiger partial charge >= 0.3 is 6.09 Å². The molecule has 0 heterocycles. The van der Waals surface area contributed by atoms with Gasteiger partial charge in [0, 0.05) is 23.7 Å². The zero-order chi connectivity index (χ0) is 18.8. The number of hydrogen-bond acceptors (Lipinski definition) is 2. The van der Waals surface area contributed by atoms with E-state index < -0.39 is 11.7 Å². The van der Waals surface area contributed by atoms with Crippen LogP contribution in [0.1, 0.15) is 58.6 Å². The Hall–Kier alpha value is -1.04. The Balaban J connectivity index is 2.16. The highest BCUT2D eigenvalue weighted by molar-refractivity contribution is 6.32. The second-order valence-electron chi connectivity index (χ2n) is 8.39. The number of rotatable bonds is 7. The fourth-order valence-electron chi connectivity index (χ4n) is 2.51. The van der Waals surface area contributed by atoms with E-state index in [1.54, 1.807) is 0 Å². The SMILES string of the molecule is CC(C)(C)[Si]OC(C)(C)c1cc(CN(CC2CC2)C(=O)O)ccc1Cl. The molecule has 1 aromatic rings. The van der Waals surface area contributed by atoms with Gasteiger partial charge in [0.05, 0.1) is 5.60 Å². The number of carboxylic acid groups (broad SMARTS) is 1. The zero-order valence-corrected chi connectivity index (χ0v) is 17.5. The van der Waals surface area contributed by atoms with Gasteiger partial charge in [0.2, 0.25) is 9.76 Å². The van der Waals surface area contributed by atoms with Gasteiger partial charge in [-0.2, -0.15) is 0 Å². The predicted molar refractivity (Wildman–Crippen MR) is 102 cm³/mol. The van der Waals surface area contributed by atoms with Crippen molar-refractivity contribution < 1.29 is 14.3 Å². The van der Waals surface area contributed by atoms with Gasteiger partial charge in [-0.05, 0) is 55.3 Å². The van der Waals surface area contributed by atoms with E-state index in [0.717, 1.165) is 24.0 Å². The van der Waals surface area contributed by atoms with Crippen molar-refractivity contribution in [1.29, 1.82) is 0 Å². The number of nitrogens with zero attached hydrogens (tertiary/aromatic N) is 1. The van der Waals surface area contributed by atoms with E-state index in [0.29, 0.717) is 33.8 Å². The van der Waals surface area contributed by atoms with Gasteiger partial charge in [-0.1, -0.05) is 38.4 Å². The van der Waals surface area contributed by atoms with Crippen molar-refractivity contribution in [2.24, 2.45) is 5.92 Å². The minimum Gasteiger partial charge on any atom is -0.465 e. The van der Waals surface area contributed by atoms with Crippen LogP contribution < -0.4 is 0 Å². The van der Waals surface area contributed by atoms with E-state index in [9.17, 15) is 9.90 Å². The van der Waals surface area contributed by atoms with Gasteiger partial charge in [0.15, 0.2) is 0 Å². The lowest BCUT2D eigenvalue weighted by Gasteiger charge is -2.31. The summed E-state index contributed by atoms with van der Waals surface area (Å²) < 4.78 is 6.16. The van der Waals surface area contributed by atoms with Crippen LogP contribution in [0.3, 0.4) is 0 Å². The lowest BCUT2D eigenvalue weighted by atomic mass is 9.96. The van der Waals surface area contributed by atoms with Crippen molar-refractivity contribution in [3.8, 4) is 0 Å². The van der Waals surface area contributed by atoms with Crippen LogP contribution in [-0.2, 0) is 16.6 Å². The Kier molecular flexibility index (Phi) is 6.23. The molecule has 138 valence electrons. The number of benzene rings is 1. The van der Waals surface area contributed by atoms with Crippen LogP contribution in [0.4, 0.5) is 4.79 Å². The Morgan fingerprint density at radius 2 is 1.96 bits per heavy atom. The van der Waals surface area contributed by atoms with Crippen LogP contribution in [0.5, 0.6) is 0 Å². The van der Waals surface area contributed by atoms with Crippen molar-refractivity contribution >= 4 is 27.5 Å². The molecule has 6 heteroatoms. The molecule has 0 aliphatic heterocycles. The fraction of sp³-hybridized carbons (Fsp3) is 0.632. The summed E-state index contributed by atoms with van der Waals surface area (Å²) in [4.78, 5) is 13.0. The molecule has 1 N–H and O–H groups in total. The average molecular weight is 382 g/mol. The fourth-order valence-corrected chi connectivity index (χ4v) is 3.53. The maximum atomic E-state index is 11.5. The molecule has 0 atom stereocenters. The molecule has 2 radical (unpaired) electrons. The number of carbonyl (C=O) groups is 1. The molecule has 0 aromatic heterocycles. The molecule has 1 aliphatic carbocycles. The van der Waals surface area contributed by atoms with Gasteiger partial charge in [-0.3, -0.25) is 0 Å². The Morgan fingerprint density at radius 1 is 1.32 bits per heavy atom. The molecule has 4 nitrogen and oxygen atoms in total. The number of amides is 1. The van der Waals surface area contributed by atoms with E-state index >= 15 is 0 Å². The van der Waals surface area contributed by atoms with Crippen LogP contribution in [0.25, 0.3) is 0 Å². The molecule has 0 bridgehead atoms. The van der Waals surface area contributed by atoms with Crippen LogP contribution in [0, 0.1) is 5.92 Å². The molecular weight excluding hydrogens is 354 g/mol. The van der Waals surface area contributed by atoms with Crippen molar-refractivity contribution in [2.75, 3.05) is 6.54 Å². The minimum absolute atomic E-state index is 0.0890. The summed E-state index contributed by atoms with van der Waals surface area (Å²) in [5, 5.41) is 10.2. The molecule has 25 heavy (non-hydrogen) atoms. The van der Waals surface area contributed by atoms with Gasteiger partial charge in [-0.15, -0.1) is 0 Å². The molecular formula is C19H28ClNO3Si. The van der Waals surface area contributed by atoms with Crippen molar-refractivity contribution in [2.45, 2.75) is 64.6 Å². The van der Waals surface area contributed by atoms with E-state index in [2.05, 4.69) is 20.8 Å². The van der Waals surface area contributed by atoms with Gasteiger partial charge in [0.25, 0.3) is 0 Å². The van der Waals surface area contributed by atoms with Crippen LogP contribution in [0.15, 0.2) is 18.2 Å². The summed E-state index contributed by atoms with van der Waals surface area (Å²) in [7, 11) is 0.345. The first-order chi connectivity index (χ1) is 11.5. The maximum Gasteiger partial charge on any atom is 0.407 e. The summed E-state index contributed by atoms with van der Waals surface area (Å²) >= 11 is 6.42. The normalized spacial score (nSPS) is 15.3. The molecule has 2 rings (SSSR count). The second-order valence-corrected chi connectivity index (χ2v) is 10.7. The summed E-state index contributed by atoms with van der Waals surface area (Å²) in [6, 6.07) is 5.73. The Labute approximate surface area is 158 Å². The molecule has 1 aromatic carbocycles. The van der Waals surface area contributed by atoms with E-state index in [4.69, 9.17) is 16.0 Å². The standard InChI is InChI=1S/C19H28ClNO3Si/c1-18(2,3)25-24-19(4,5)15-10-14(8-9-16(15)20)12-21(17(22)23)11-13-6-7-13/h8-10,13H,6-7,11-12H2,1-5H3,(H,22,23). The number of halogens is 1. The van der Waals surface area contributed by atoms with Gasteiger partial charge in [0.1, 0.15) is 0 Å². The van der Waals surface area contributed by atoms with Crippen LogP contribution >= 0.6 is 11.6 Å². The first-order valence-corrected chi connectivity index (χ1v) is 9.98. The maximum absolute atomic E-state index is 11.5. The topological polar surface area (TPSA) is 49.8 Å². The first kappa shape index (κ1) is 20.3. The summed E-state index contributed by atoms with van der Waals surface area (Å²) in [5.41, 5.74) is 1.32. The van der Waals surface area contributed by atoms with Gasteiger partial charge < -0.3 is 14.4 Å². The van der Waals surface area contributed by atoms with Crippen molar-refractivity contribution in [1.82, 2.24) is 4.90 Å². The average Bonchev–Trinajstić information content (AvgIpc) is 3.29. The third-order valence-electron chi connectivity index (χ3n) is 4.11. The zero-order valence-electron chi connectivity index (χ0n) is 15.7. The molecule has 1 saturated carbocycles. The summed E-state index contributed by atoms with van der Waals surface area (Å²) in [5.74, 6) is 0.524. The molecule has 0 saturated heterocycles. The molecule has 1 amide bonds. The Morgan fingerprint density at radius 3 is 2.48 bits per heavy atom. The van der Waals surface area contributed by atoms with E-state index in [1.165, 1.54) is 4.90 Å². The number of hydrogen-bond donors (Lipinski definition) is 1. The molecule has 1 fully saturated rings. The summed E-state index contributed by atoms with van der Waals surface area (Å²) in [6.07, 6.45) is 1.39. The van der Waals surface area contributed by atoms with Crippen LogP contribution in [0.2, 0.25) is 10.1 Å². The second kappa shape index (κ2) is 7.68. The monoisotopic (exact) mass is 381 g/mol. The molecule has 0 unspecified atom stereocenters. The van der Waals surface area contributed by atoms with Crippen molar-refractivity contribution in [3.63, 3.8) is 0 Å². The quantitative estimate of drug-likeness (QED) is 0.650. The lowest BCUT2D eigenvalue weighted by Crippen LogP contribution is -2.31. The van der Waals surface area contributed by atoms with Crippen molar-refractivity contribution in [3.05, 3.63) is 34.3 Å². The highest BCUT2D eigenvalue weighted by Gasteiger charge is 2.29. The smallest absolute Gasteiger partial charge is 0.407 e. The third-order valence-corrected chi connectivity index (χ3v) is 5.67. The Bertz CT molecular complexity index is 624. The van der Waals surface area contributed by atoms with E-state index in [1.807, 2.05) is 32.0 Å². The van der Waals surface area contributed by atoms with Crippen LogP contribution in [-0.4, -0.2) is 32.4 Å².